The van der Waals surface area contributed by atoms with E-state index in [-0.39, 0.29) is 17.8 Å². The van der Waals surface area contributed by atoms with E-state index < -0.39 is 11.9 Å². The van der Waals surface area contributed by atoms with Gasteiger partial charge in [0.05, 0.1) is 0 Å². The molecule has 118 valence electrons. The van der Waals surface area contributed by atoms with E-state index in [1.807, 2.05) is 6.92 Å². The molecular formula is C14H21F3N4. The van der Waals surface area contributed by atoms with Crippen LogP contribution >= 0.6 is 0 Å². The van der Waals surface area contributed by atoms with E-state index >= 15 is 0 Å². The third-order valence-corrected chi connectivity index (χ3v) is 3.51. The predicted molar refractivity (Wildman–Crippen MR) is 76.2 cm³/mol. The maximum Gasteiger partial charge on any atom is 0.433 e. The van der Waals surface area contributed by atoms with Crippen LogP contribution in [0, 0.1) is 5.92 Å². The smallest absolute Gasteiger partial charge is 0.367 e. The van der Waals surface area contributed by atoms with Gasteiger partial charge in [-0.05, 0) is 25.7 Å². The number of rotatable bonds is 7. The van der Waals surface area contributed by atoms with Crippen LogP contribution in [0.3, 0.4) is 0 Å². The number of anilines is 2. The Hall–Kier alpha value is -1.53. The van der Waals surface area contributed by atoms with Crippen molar-refractivity contribution in [1.29, 1.82) is 0 Å². The van der Waals surface area contributed by atoms with E-state index in [0.717, 1.165) is 18.9 Å². The zero-order chi connectivity index (χ0) is 15.5. The highest BCUT2D eigenvalue weighted by atomic mass is 19.4. The predicted octanol–water partition coefficient (Wildman–Crippen LogP) is 3.92. The van der Waals surface area contributed by atoms with Gasteiger partial charge >= 0.3 is 6.18 Å². The highest BCUT2D eigenvalue weighted by Gasteiger charge is 2.34. The van der Waals surface area contributed by atoms with Gasteiger partial charge in [0, 0.05) is 18.7 Å². The summed E-state index contributed by atoms with van der Waals surface area (Å²) in [5.74, 6) is 0.955. The lowest BCUT2D eigenvalue weighted by molar-refractivity contribution is -0.141. The number of hydrogen-bond acceptors (Lipinski definition) is 4. The average molecular weight is 302 g/mol. The molecular weight excluding hydrogens is 281 g/mol. The first-order chi connectivity index (χ1) is 9.92. The van der Waals surface area contributed by atoms with Gasteiger partial charge in [-0.2, -0.15) is 18.2 Å². The van der Waals surface area contributed by atoms with Crippen molar-refractivity contribution in [3.05, 3.63) is 11.8 Å². The van der Waals surface area contributed by atoms with Crippen LogP contribution in [0.4, 0.5) is 24.9 Å². The van der Waals surface area contributed by atoms with E-state index in [4.69, 9.17) is 0 Å². The molecule has 2 rings (SSSR count). The molecule has 1 unspecified atom stereocenters. The van der Waals surface area contributed by atoms with Crippen molar-refractivity contribution in [1.82, 2.24) is 9.97 Å². The number of hydrogen-bond donors (Lipinski definition) is 2. The van der Waals surface area contributed by atoms with E-state index in [9.17, 15) is 13.2 Å². The zero-order valence-electron chi connectivity index (χ0n) is 12.3. The molecule has 1 aliphatic carbocycles. The molecule has 1 aliphatic rings. The minimum absolute atomic E-state index is 0.0103. The van der Waals surface area contributed by atoms with Crippen LogP contribution in [0.15, 0.2) is 6.07 Å². The second-order valence-corrected chi connectivity index (χ2v) is 5.42. The number of alkyl halides is 3. The number of aromatic nitrogens is 2. The molecule has 0 amide bonds. The molecule has 1 heterocycles. The molecule has 1 aromatic heterocycles. The van der Waals surface area contributed by atoms with E-state index in [1.165, 1.54) is 12.8 Å². The first kappa shape index (κ1) is 15.9. The molecule has 0 spiro atoms. The van der Waals surface area contributed by atoms with E-state index in [0.29, 0.717) is 12.5 Å². The fourth-order valence-electron chi connectivity index (χ4n) is 2.20. The van der Waals surface area contributed by atoms with Crippen molar-refractivity contribution in [3.8, 4) is 0 Å². The molecule has 1 fully saturated rings. The van der Waals surface area contributed by atoms with Crippen molar-refractivity contribution in [2.24, 2.45) is 5.92 Å². The molecule has 0 aromatic carbocycles. The SMILES string of the molecule is CCNc1nc(NC(CC)CC2CC2)cc(C(F)(F)F)n1. The van der Waals surface area contributed by atoms with Crippen LogP contribution in [-0.4, -0.2) is 22.6 Å². The molecule has 1 atom stereocenters. The standard InChI is InChI=1S/C14H21F3N4/c1-3-10(7-9-5-6-9)19-12-8-11(14(15,16)17)20-13(21-12)18-4-2/h8-10H,3-7H2,1-2H3,(H2,18,19,20,21). The highest BCUT2D eigenvalue weighted by molar-refractivity contribution is 5.43. The second kappa shape index (κ2) is 6.49. The zero-order valence-corrected chi connectivity index (χ0v) is 12.3. The van der Waals surface area contributed by atoms with Crippen molar-refractivity contribution in [2.75, 3.05) is 17.2 Å². The summed E-state index contributed by atoms with van der Waals surface area (Å²) in [5.41, 5.74) is -0.919. The molecule has 21 heavy (non-hydrogen) atoms. The summed E-state index contributed by atoms with van der Waals surface area (Å²) in [6, 6.07) is 1.14. The number of nitrogens with zero attached hydrogens (tertiary/aromatic N) is 2. The van der Waals surface area contributed by atoms with Crippen LogP contribution in [0.1, 0.15) is 45.2 Å². The summed E-state index contributed by atoms with van der Waals surface area (Å²) in [7, 11) is 0. The van der Waals surface area contributed by atoms with Gasteiger partial charge in [-0.25, -0.2) is 4.98 Å². The van der Waals surface area contributed by atoms with Gasteiger partial charge in [0.1, 0.15) is 5.82 Å². The van der Waals surface area contributed by atoms with Crippen molar-refractivity contribution in [2.45, 2.75) is 51.7 Å². The Morgan fingerprint density at radius 3 is 2.52 bits per heavy atom. The highest BCUT2D eigenvalue weighted by Crippen LogP contribution is 2.35. The Morgan fingerprint density at radius 1 is 1.29 bits per heavy atom. The monoisotopic (exact) mass is 302 g/mol. The van der Waals surface area contributed by atoms with Gasteiger partial charge in [-0.15, -0.1) is 0 Å². The van der Waals surface area contributed by atoms with Crippen molar-refractivity contribution in [3.63, 3.8) is 0 Å². The summed E-state index contributed by atoms with van der Waals surface area (Å²) >= 11 is 0. The fraction of sp³-hybridized carbons (Fsp3) is 0.714. The van der Waals surface area contributed by atoms with E-state index in [2.05, 4.69) is 20.6 Å². The molecule has 1 saturated carbocycles. The minimum atomic E-state index is -4.47. The van der Waals surface area contributed by atoms with Gasteiger partial charge in [0.2, 0.25) is 5.95 Å². The number of nitrogens with one attached hydrogen (secondary N) is 2. The van der Waals surface area contributed by atoms with Gasteiger partial charge in [-0.3, -0.25) is 0 Å². The Labute approximate surface area is 122 Å². The fourth-order valence-corrected chi connectivity index (χ4v) is 2.20. The summed E-state index contributed by atoms with van der Waals surface area (Å²) in [6.07, 6.45) is -0.185. The van der Waals surface area contributed by atoms with Crippen molar-refractivity contribution >= 4 is 11.8 Å². The van der Waals surface area contributed by atoms with Crippen LogP contribution in [0.2, 0.25) is 0 Å². The lowest BCUT2D eigenvalue weighted by atomic mass is 10.1. The van der Waals surface area contributed by atoms with Crippen molar-refractivity contribution < 1.29 is 13.2 Å². The van der Waals surface area contributed by atoms with Crippen LogP contribution in [0.25, 0.3) is 0 Å². The first-order valence-electron chi connectivity index (χ1n) is 7.39. The molecule has 7 heteroatoms. The minimum Gasteiger partial charge on any atom is -0.367 e. The van der Waals surface area contributed by atoms with Gasteiger partial charge < -0.3 is 10.6 Å². The first-order valence-corrected chi connectivity index (χ1v) is 7.39. The van der Waals surface area contributed by atoms with Gasteiger partial charge in [0.15, 0.2) is 5.69 Å². The summed E-state index contributed by atoms with van der Waals surface area (Å²) < 4.78 is 38.6. The van der Waals surface area contributed by atoms with Crippen LogP contribution in [-0.2, 0) is 6.18 Å². The quantitative estimate of drug-likeness (QED) is 0.801. The Balaban J connectivity index is 2.17. The Bertz CT molecular complexity index is 472. The molecule has 0 radical (unpaired) electrons. The normalized spacial score (nSPS) is 16.6. The molecule has 4 nitrogen and oxygen atoms in total. The number of halogens is 3. The molecule has 0 aliphatic heterocycles. The Kier molecular flexibility index (Phi) is 4.90. The maximum absolute atomic E-state index is 12.9. The third kappa shape index (κ3) is 4.75. The average Bonchev–Trinajstić information content (AvgIpc) is 3.21. The summed E-state index contributed by atoms with van der Waals surface area (Å²) in [5, 5.41) is 5.86. The third-order valence-electron chi connectivity index (χ3n) is 3.51. The molecule has 1 aromatic rings. The molecule has 0 saturated heterocycles. The van der Waals surface area contributed by atoms with E-state index in [1.54, 1.807) is 6.92 Å². The maximum atomic E-state index is 12.9. The molecule has 2 N–H and O–H groups in total. The second-order valence-electron chi connectivity index (χ2n) is 5.42. The summed E-state index contributed by atoms with van der Waals surface area (Å²) in [6.45, 7) is 4.29. The molecule has 0 bridgehead atoms. The lowest BCUT2D eigenvalue weighted by Gasteiger charge is -2.19. The topological polar surface area (TPSA) is 49.8 Å². The van der Waals surface area contributed by atoms with Crippen LogP contribution in [0.5, 0.6) is 0 Å². The van der Waals surface area contributed by atoms with Gasteiger partial charge in [-0.1, -0.05) is 19.8 Å². The summed E-state index contributed by atoms with van der Waals surface area (Å²) in [4.78, 5) is 7.63. The van der Waals surface area contributed by atoms with Gasteiger partial charge in [0.25, 0.3) is 0 Å². The lowest BCUT2D eigenvalue weighted by Crippen LogP contribution is -2.21. The largest absolute Gasteiger partial charge is 0.433 e. The Morgan fingerprint density at radius 2 is 2.00 bits per heavy atom. The van der Waals surface area contributed by atoms with Crippen LogP contribution < -0.4 is 10.6 Å².